The van der Waals surface area contributed by atoms with Crippen LogP contribution in [0.4, 0.5) is 0 Å². The molecule has 0 saturated carbocycles. The summed E-state index contributed by atoms with van der Waals surface area (Å²) in [4.78, 5) is 31.3. The van der Waals surface area contributed by atoms with E-state index in [0.29, 0.717) is 11.1 Å². The van der Waals surface area contributed by atoms with Crippen molar-refractivity contribution in [2.24, 2.45) is 14.1 Å². The Hall–Kier alpha value is -6.28. The fraction of sp³-hybridized carbons (Fsp3) is 0.348. The molecule has 2 atom stereocenters. The van der Waals surface area contributed by atoms with Crippen molar-refractivity contribution in [1.82, 2.24) is 40.2 Å². The Bertz CT molecular complexity index is 2450. The molecule has 0 amide bonds. The van der Waals surface area contributed by atoms with E-state index in [4.69, 9.17) is 52.4 Å². The lowest BCUT2D eigenvalue weighted by Gasteiger charge is -2.18. The van der Waals surface area contributed by atoms with Crippen LogP contribution in [0.3, 0.4) is 0 Å². The van der Waals surface area contributed by atoms with Gasteiger partial charge in [-0.05, 0) is 59.4 Å². The fourth-order valence-corrected chi connectivity index (χ4v) is 7.40. The Kier molecular flexibility index (Phi) is 17.3. The number of hydrogen-bond donors (Lipinski definition) is 6. The number of halogens is 2. The highest BCUT2D eigenvalue weighted by atomic mass is 35.5. The predicted molar refractivity (Wildman–Crippen MR) is 244 cm³/mol. The molecule has 0 fully saturated rings. The third-order valence-corrected chi connectivity index (χ3v) is 10.9. The van der Waals surface area contributed by atoms with Crippen LogP contribution in [0.5, 0.6) is 23.5 Å². The van der Waals surface area contributed by atoms with E-state index in [1.165, 1.54) is 0 Å². The molecule has 2 aromatic carbocycles. The van der Waals surface area contributed by atoms with Crippen LogP contribution >= 0.6 is 23.2 Å². The van der Waals surface area contributed by atoms with Crippen molar-refractivity contribution in [2.45, 2.75) is 78.4 Å². The van der Waals surface area contributed by atoms with E-state index in [1.54, 1.807) is 48.0 Å². The number of rotatable bonds is 25. The summed E-state index contributed by atoms with van der Waals surface area (Å²) in [5.41, 5.74) is 8.50. The molecule has 0 radical (unpaired) electrons. The topological polar surface area (TPSA) is 237 Å². The molecular weight excluding hydrogens is 895 g/mol. The Balaban J connectivity index is 1.16. The van der Waals surface area contributed by atoms with Crippen LogP contribution < -0.4 is 29.6 Å². The molecule has 6 N–H and O–H groups in total. The van der Waals surface area contributed by atoms with Gasteiger partial charge in [0, 0.05) is 74.9 Å². The summed E-state index contributed by atoms with van der Waals surface area (Å²) in [5.74, 6) is -1.39. The zero-order valence-corrected chi connectivity index (χ0v) is 38.3. The first kappa shape index (κ1) is 49.2. The van der Waals surface area contributed by atoms with E-state index in [0.717, 1.165) is 44.5 Å². The summed E-state index contributed by atoms with van der Waals surface area (Å²) in [6.07, 6.45) is 4.05. The molecule has 20 heteroatoms. The molecule has 6 aromatic rings. The zero-order chi connectivity index (χ0) is 47.3. The highest BCUT2D eigenvalue weighted by molar-refractivity contribution is 6.32. The molecule has 350 valence electrons. The second kappa shape index (κ2) is 23.3. The normalized spacial score (nSPS) is 12.2. The maximum absolute atomic E-state index is 11.0. The van der Waals surface area contributed by atoms with Gasteiger partial charge in [-0.3, -0.25) is 19.0 Å². The zero-order valence-electron chi connectivity index (χ0n) is 36.8. The van der Waals surface area contributed by atoms with Gasteiger partial charge in [-0.25, -0.2) is 0 Å². The van der Waals surface area contributed by atoms with Crippen molar-refractivity contribution >= 4 is 35.1 Å². The molecule has 0 spiro atoms. The number of aliphatic hydroxyl groups is 2. The van der Waals surface area contributed by atoms with Crippen LogP contribution in [-0.4, -0.2) is 87.2 Å². The summed E-state index contributed by atoms with van der Waals surface area (Å²) in [5, 5.41) is 53.0. The number of nitrogens with zero attached hydrogens (tertiary/aromatic N) is 6. The number of hydrogen-bond acceptors (Lipinski definition) is 14. The minimum atomic E-state index is -1.10. The van der Waals surface area contributed by atoms with Crippen molar-refractivity contribution in [3.63, 3.8) is 0 Å². The molecule has 0 aliphatic rings. The number of pyridine rings is 2. The fourth-order valence-electron chi connectivity index (χ4n) is 6.94. The second-order valence-corrected chi connectivity index (χ2v) is 16.4. The average Bonchev–Trinajstić information content (AvgIpc) is 3.89. The molecule has 0 unspecified atom stereocenters. The van der Waals surface area contributed by atoms with Crippen LogP contribution in [-0.2, 0) is 63.2 Å². The minimum absolute atomic E-state index is 0.0331. The minimum Gasteiger partial charge on any atom is -0.481 e. The van der Waals surface area contributed by atoms with Gasteiger partial charge in [-0.15, -0.1) is 0 Å². The number of aromatic nitrogens is 6. The average molecular weight is 948 g/mol. The largest absolute Gasteiger partial charge is 0.481 e. The van der Waals surface area contributed by atoms with Gasteiger partial charge < -0.3 is 50.0 Å². The van der Waals surface area contributed by atoms with Gasteiger partial charge in [0.1, 0.15) is 36.5 Å². The molecule has 0 aliphatic heterocycles. The second-order valence-electron chi connectivity index (χ2n) is 15.6. The monoisotopic (exact) mass is 946 g/mol. The van der Waals surface area contributed by atoms with Crippen LogP contribution in [0.15, 0.2) is 73.3 Å². The van der Waals surface area contributed by atoms with E-state index in [9.17, 15) is 19.8 Å². The number of carboxylic acid groups (broad SMARTS) is 2. The van der Waals surface area contributed by atoms with E-state index in [2.05, 4.69) is 30.8 Å². The molecular formula is C46H52Cl2N8O10. The van der Waals surface area contributed by atoms with E-state index >= 15 is 0 Å². The van der Waals surface area contributed by atoms with Gasteiger partial charge in [0.2, 0.25) is 23.5 Å². The first-order valence-corrected chi connectivity index (χ1v) is 21.6. The maximum Gasteiger partial charge on any atom is 0.306 e. The van der Waals surface area contributed by atoms with Gasteiger partial charge in [-0.1, -0.05) is 59.6 Å². The smallest absolute Gasteiger partial charge is 0.306 e. The molecule has 0 bridgehead atoms. The molecule has 0 saturated heterocycles. The number of aryl methyl sites for hydroxylation is 2. The number of carboxylic acids is 2. The number of aliphatic hydroxyl groups excluding tert-OH is 2. The van der Waals surface area contributed by atoms with Crippen molar-refractivity contribution in [2.75, 3.05) is 13.1 Å². The molecule has 6 rings (SSSR count). The molecule has 4 heterocycles. The Morgan fingerprint density at radius 2 is 1.02 bits per heavy atom. The van der Waals surface area contributed by atoms with Crippen LogP contribution in [0, 0.1) is 13.8 Å². The maximum atomic E-state index is 11.0. The van der Waals surface area contributed by atoms with E-state index in [1.807, 2.05) is 62.6 Å². The first-order valence-electron chi connectivity index (χ1n) is 20.9. The number of aliphatic carboxylic acids is 2. The van der Waals surface area contributed by atoms with Gasteiger partial charge in [0.15, 0.2) is 0 Å². The molecule has 0 aliphatic carbocycles. The Labute approximate surface area is 391 Å². The van der Waals surface area contributed by atoms with Crippen LogP contribution in [0.1, 0.15) is 57.3 Å². The highest BCUT2D eigenvalue weighted by Gasteiger charge is 2.19. The standard InChI is InChI=1S/C46H52Cl2N8O10/c1-27-31(25-65-45-39(47)11-33(17-49-19-35(57)13-41(59)60)43(53-45)63-23-29-15-51-55(3)21-29)7-5-9-37(27)38-10-6-8-32(28(38)2)26-66-46-40(48)12-34(18-50-20-36(58)14-42(61)62)44(54-46)64-24-30-16-52-56(4)22-30/h5-12,15-16,21-22,35-36,49-50,57-58H,13-14,17-20,23-26H2,1-4H3,(H,59,60)(H,61,62)/t35-,36-/m0/s1. The van der Waals surface area contributed by atoms with Crippen molar-refractivity contribution in [3.05, 3.63) is 128 Å². The molecule has 18 nitrogen and oxygen atoms in total. The van der Waals surface area contributed by atoms with Gasteiger partial charge in [0.05, 0.1) is 37.4 Å². The van der Waals surface area contributed by atoms with Gasteiger partial charge >= 0.3 is 11.9 Å². The van der Waals surface area contributed by atoms with Crippen molar-refractivity contribution in [1.29, 1.82) is 0 Å². The summed E-state index contributed by atoms with van der Waals surface area (Å²) >= 11 is 13.4. The van der Waals surface area contributed by atoms with E-state index < -0.39 is 37.0 Å². The summed E-state index contributed by atoms with van der Waals surface area (Å²) in [6, 6.07) is 15.3. The number of ether oxygens (including phenoxy) is 4. The first-order chi connectivity index (χ1) is 31.6. The SMILES string of the molecule is Cc1c(COc2nc(OCc3cnn(C)c3)c(CNC[C@@H](O)CC(=O)O)cc2Cl)cccc1-c1cccc(COc2nc(OCc3cnn(C)c3)c(CNC[C@@H](O)CC(=O)O)cc2Cl)c1C. The lowest BCUT2D eigenvalue weighted by molar-refractivity contribution is -0.140. The van der Waals surface area contributed by atoms with Crippen LogP contribution in [0.2, 0.25) is 10.0 Å². The summed E-state index contributed by atoms with van der Waals surface area (Å²) in [7, 11) is 3.61. The number of nitrogens with one attached hydrogen (secondary N) is 2. The van der Waals surface area contributed by atoms with Crippen molar-refractivity contribution < 1.29 is 49.0 Å². The third-order valence-electron chi connectivity index (χ3n) is 10.4. The van der Waals surface area contributed by atoms with Gasteiger partial charge in [0.25, 0.3) is 0 Å². The highest BCUT2D eigenvalue weighted by Crippen LogP contribution is 2.35. The van der Waals surface area contributed by atoms with Gasteiger partial charge in [-0.2, -0.15) is 20.2 Å². The van der Waals surface area contributed by atoms with E-state index in [-0.39, 0.29) is 86.2 Å². The number of benzene rings is 2. The summed E-state index contributed by atoms with van der Waals surface area (Å²) < 4.78 is 28.0. The molecule has 4 aromatic heterocycles. The Morgan fingerprint density at radius 1 is 0.621 bits per heavy atom. The number of carbonyl (C=O) groups is 2. The molecule has 66 heavy (non-hydrogen) atoms. The Morgan fingerprint density at radius 3 is 1.38 bits per heavy atom. The van der Waals surface area contributed by atoms with Crippen molar-refractivity contribution in [3.8, 4) is 34.6 Å². The lowest BCUT2D eigenvalue weighted by atomic mass is 9.92. The summed E-state index contributed by atoms with van der Waals surface area (Å²) in [6.45, 7) is 5.10. The van der Waals surface area contributed by atoms with Crippen LogP contribution in [0.25, 0.3) is 11.1 Å². The quantitative estimate of drug-likeness (QED) is 0.0404. The third kappa shape index (κ3) is 13.9. The predicted octanol–water partition coefficient (Wildman–Crippen LogP) is 5.70. The lowest BCUT2D eigenvalue weighted by Crippen LogP contribution is -2.28.